The first-order valence-corrected chi connectivity index (χ1v) is 11.8. The van der Waals surface area contributed by atoms with Gasteiger partial charge in [0.1, 0.15) is 5.82 Å². The third kappa shape index (κ3) is 5.50. The van der Waals surface area contributed by atoms with Gasteiger partial charge in [-0.1, -0.05) is 38.2 Å². The van der Waals surface area contributed by atoms with Gasteiger partial charge in [0.15, 0.2) is 0 Å². The third-order valence-electron chi connectivity index (χ3n) is 7.43. The Hall–Kier alpha value is -1.62. The molecule has 2 saturated heterocycles. The van der Waals surface area contributed by atoms with Crippen molar-refractivity contribution < 1.29 is 4.79 Å². The highest BCUT2D eigenvalue weighted by Gasteiger charge is 2.41. The first kappa shape index (κ1) is 20.6. The molecule has 2 aliphatic heterocycles. The van der Waals surface area contributed by atoms with Crippen LogP contribution in [0, 0.1) is 11.3 Å². The number of rotatable bonds is 6. The van der Waals surface area contributed by atoms with Crippen molar-refractivity contribution in [2.75, 3.05) is 37.6 Å². The van der Waals surface area contributed by atoms with E-state index in [2.05, 4.69) is 27.2 Å². The lowest BCUT2D eigenvalue weighted by atomic mass is 9.79. The summed E-state index contributed by atoms with van der Waals surface area (Å²) in [5, 5.41) is 2.84. The van der Waals surface area contributed by atoms with Crippen molar-refractivity contribution in [3.05, 3.63) is 23.9 Å². The van der Waals surface area contributed by atoms with Crippen molar-refractivity contribution in [2.45, 2.75) is 71.3 Å². The Kier molecular flexibility index (Phi) is 6.74. The molecule has 0 radical (unpaired) electrons. The Bertz CT molecular complexity index is 670. The quantitative estimate of drug-likeness (QED) is 0.787. The molecule has 1 unspecified atom stereocenters. The largest absolute Gasteiger partial charge is 0.356 e. The molecule has 1 amide bonds. The number of likely N-dealkylation sites (tertiary alicyclic amines) is 1. The minimum absolute atomic E-state index is 0.000834. The molecule has 29 heavy (non-hydrogen) atoms. The minimum Gasteiger partial charge on any atom is -0.356 e. The fourth-order valence-corrected chi connectivity index (χ4v) is 5.74. The maximum Gasteiger partial charge on any atom is 0.217 e. The van der Waals surface area contributed by atoms with E-state index < -0.39 is 0 Å². The number of carbonyl (C=O) groups excluding carboxylic acids is 1. The second-order valence-corrected chi connectivity index (χ2v) is 9.78. The van der Waals surface area contributed by atoms with Gasteiger partial charge in [0.05, 0.1) is 0 Å². The van der Waals surface area contributed by atoms with E-state index in [-0.39, 0.29) is 5.91 Å². The molecule has 1 spiro atoms. The standard InChI is InChI=1S/C24H38N4O/c1-20(29)25-16-22-8-9-23(26-17-22)28-15-12-24(19-28)11-5-13-27(18-24)14-10-21-6-3-2-4-7-21/h8-9,17,21H,2-7,10-16,18-19H2,1H3,(H,25,29). The molecule has 1 aromatic rings. The SMILES string of the molecule is CC(=O)NCc1ccc(N2CCC3(CCCN(CCC4CCCCC4)C3)C2)nc1. The molecule has 0 bridgehead atoms. The van der Waals surface area contributed by atoms with Crippen LogP contribution in [-0.2, 0) is 11.3 Å². The van der Waals surface area contributed by atoms with Gasteiger partial charge in [0.25, 0.3) is 0 Å². The Balaban J connectivity index is 1.29. The predicted molar refractivity (Wildman–Crippen MR) is 118 cm³/mol. The lowest BCUT2D eigenvalue weighted by Crippen LogP contribution is -2.45. The number of hydrogen-bond donors (Lipinski definition) is 1. The summed E-state index contributed by atoms with van der Waals surface area (Å²) < 4.78 is 0. The van der Waals surface area contributed by atoms with Crippen molar-refractivity contribution in [3.8, 4) is 0 Å². The van der Waals surface area contributed by atoms with Crippen molar-refractivity contribution in [1.82, 2.24) is 15.2 Å². The van der Waals surface area contributed by atoms with E-state index >= 15 is 0 Å². The number of piperidine rings is 1. The van der Waals surface area contributed by atoms with Crippen LogP contribution in [0.2, 0.25) is 0 Å². The topological polar surface area (TPSA) is 48.5 Å². The van der Waals surface area contributed by atoms with Crippen molar-refractivity contribution >= 4 is 11.7 Å². The first-order chi connectivity index (χ1) is 14.1. The van der Waals surface area contributed by atoms with Gasteiger partial charge >= 0.3 is 0 Å². The average molecular weight is 399 g/mol. The van der Waals surface area contributed by atoms with E-state index in [9.17, 15) is 4.79 Å². The molecule has 1 N–H and O–H groups in total. The van der Waals surface area contributed by atoms with E-state index in [1.807, 2.05) is 6.20 Å². The highest BCUT2D eigenvalue weighted by molar-refractivity contribution is 5.72. The number of pyridine rings is 1. The predicted octanol–water partition coefficient (Wildman–Crippen LogP) is 3.98. The number of hydrogen-bond acceptors (Lipinski definition) is 4. The van der Waals surface area contributed by atoms with Crippen LogP contribution in [0.3, 0.4) is 0 Å². The van der Waals surface area contributed by atoms with Crippen LogP contribution in [-0.4, -0.2) is 48.5 Å². The van der Waals surface area contributed by atoms with Gasteiger partial charge in [0, 0.05) is 44.7 Å². The molecule has 3 fully saturated rings. The Morgan fingerprint density at radius 1 is 1.14 bits per heavy atom. The molecule has 3 heterocycles. The van der Waals surface area contributed by atoms with Crippen LogP contribution in [0.25, 0.3) is 0 Å². The Morgan fingerprint density at radius 2 is 2.00 bits per heavy atom. The molecular formula is C24H38N4O. The summed E-state index contributed by atoms with van der Waals surface area (Å²) in [5.41, 5.74) is 1.52. The Morgan fingerprint density at radius 3 is 2.76 bits per heavy atom. The lowest BCUT2D eigenvalue weighted by molar-refractivity contribution is -0.119. The summed E-state index contributed by atoms with van der Waals surface area (Å²) in [6.45, 7) is 8.25. The summed E-state index contributed by atoms with van der Waals surface area (Å²) in [5.74, 6) is 2.08. The second-order valence-electron chi connectivity index (χ2n) is 9.78. The average Bonchev–Trinajstić information content (AvgIpc) is 3.15. The maximum absolute atomic E-state index is 11.1. The van der Waals surface area contributed by atoms with E-state index in [1.54, 1.807) is 6.92 Å². The fraction of sp³-hybridized carbons (Fsp3) is 0.750. The van der Waals surface area contributed by atoms with E-state index in [0.717, 1.165) is 30.4 Å². The minimum atomic E-state index is 0.000834. The Labute approximate surface area is 176 Å². The molecule has 1 atom stereocenters. The number of nitrogens with zero attached hydrogens (tertiary/aromatic N) is 3. The zero-order valence-electron chi connectivity index (χ0n) is 18.2. The number of amides is 1. The zero-order chi connectivity index (χ0) is 20.1. The van der Waals surface area contributed by atoms with Crippen molar-refractivity contribution in [1.29, 1.82) is 0 Å². The van der Waals surface area contributed by atoms with Crippen LogP contribution in [0.1, 0.15) is 70.3 Å². The highest BCUT2D eigenvalue weighted by atomic mass is 16.1. The summed E-state index contributed by atoms with van der Waals surface area (Å²) in [4.78, 5) is 21.0. The van der Waals surface area contributed by atoms with Crippen LogP contribution in [0.4, 0.5) is 5.82 Å². The number of aromatic nitrogens is 1. The molecular weight excluding hydrogens is 360 g/mol. The fourth-order valence-electron chi connectivity index (χ4n) is 5.74. The number of anilines is 1. The summed E-state index contributed by atoms with van der Waals surface area (Å²) in [6, 6.07) is 4.22. The molecule has 5 heteroatoms. The maximum atomic E-state index is 11.1. The van der Waals surface area contributed by atoms with Crippen LogP contribution in [0.5, 0.6) is 0 Å². The smallest absolute Gasteiger partial charge is 0.217 e. The summed E-state index contributed by atoms with van der Waals surface area (Å²) in [6.07, 6.45) is 14.6. The van der Waals surface area contributed by atoms with E-state index in [1.165, 1.54) is 77.4 Å². The summed E-state index contributed by atoms with van der Waals surface area (Å²) >= 11 is 0. The van der Waals surface area contributed by atoms with Gasteiger partial charge in [0.2, 0.25) is 5.91 Å². The van der Waals surface area contributed by atoms with Gasteiger partial charge in [-0.15, -0.1) is 0 Å². The molecule has 160 valence electrons. The summed E-state index contributed by atoms with van der Waals surface area (Å²) in [7, 11) is 0. The van der Waals surface area contributed by atoms with Crippen molar-refractivity contribution in [2.24, 2.45) is 11.3 Å². The van der Waals surface area contributed by atoms with E-state index in [4.69, 9.17) is 4.98 Å². The van der Waals surface area contributed by atoms with E-state index in [0.29, 0.717) is 12.0 Å². The van der Waals surface area contributed by atoms with Gasteiger partial charge in [-0.05, 0) is 56.3 Å². The number of carbonyl (C=O) groups is 1. The molecule has 3 aliphatic rings. The molecule has 1 saturated carbocycles. The van der Waals surface area contributed by atoms with Crippen LogP contribution in [0.15, 0.2) is 18.3 Å². The molecule has 0 aromatic carbocycles. The van der Waals surface area contributed by atoms with Gasteiger partial charge in [-0.2, -0.15) is 0 Å². The van der Waals surface area contributed by atoms with Crippen molar-refractivity contribution in [3.63, 3.8) is 0 Å². The first-order valence-electron chi connectivity index (χ1n) is 11.8. The van der Waals surface area contributed by atoms with Gasteiger partial charge in [-0.25, -0.2) is 4.98 Å². The third-order valence-corrected chi connectivity index (χ3v) is 7.43. The second kappa shape index (κ2) is 9.46. The van der Waals surface area contributed by atoms with Gasteiger partial charge in [-0.3, -0.25) is 4.79 Å². The highest BCUT2D eigenvalue weighted by Crippen LogP contribution is 2.40. The number of nitrogens with one attached hydrogen (secondary N) is 1. The molecule has 1 aliphatic carbocycles. The normalized spacial score (nSPS) is 26.2. The van der Waals surface area contributed by atoms with Crippen LogP contribution < -0.4 is 10.2 Å². The molecule has 5 nitrogen and oxygen atoms in total. The molecule has 1 aromatic heterocycles. The zero-order valence-corrected chi connectivity index (χ0v) is 18.2. The lowest BCUT2D eigenvalue weighted by Gasteiger charge is -2.41. The van der Waals surface area contributed by atoms with Crippen LogP contribution >= 0.6 is 0 Å². The van der Waals surface area contributed by atoms with Gasteiger partial charge < -0.3 is 15.1 Å². The monoisotopic (exact) mass is 398 g/mol. The molecule has 4 rings (SSSR count).